The van der Waals surface area contributed by atoms with Crippen LogP contribution in [0, 0.1) is 6.92 Å². The molecular formula is C16H24ClN5S. The maximum atomic E-state index is 5.98. The molecule has 23 heavy (non-hydrogen) atoms. The minimum atomic E-state index is 0.811. The molecule has 2 aromatic rings. The largest absolute Gasteiger partial charge is 0.356 e. The minimum absolute atomic E-state index is 0.811. The molecule has 5 nitrogen and oxygen atoms in total. The third-order valence-corrected chi connectivity index (χ3v) is 4.84. The van der Waals surface area contributed by atoms with E-state index in [1.807, 2.05) is 39.5 Å². The molecule has 0 radical (unpaired) electrons. The number of unbranched alkanes of at least 4 members (excludes halogenated alkanes) is 1. The van der Waals surface area contributed by atoms with Gasteiger partial charge in [0.05, 0.1) is 10.9 Å². The summed E-state index contributed by atoms with van der Waals surface area (Å²) in [6, 6.07) is 3.99. The summed E-state index contributed by atoms with van der Waals surface area (Å²) >= 11 is 7.58. The molecule has 0 saturated heterocycles. The zero-order valence-corrected chi connectivity index (χ0v) is 15.5. The lowest BCUT2D eigenvalue weighted by Gasteiger charge is -2.21. The summed E-state index contributed by atoms with van der Waals surface area (Å²) in [4.78, 5) is 11.9. The van der Waals surface area contributed by atoms with Gasteiger partial charge >= 0.3 is 0 Å². The lowest BCUT2D eigenvalue weighted by atomic mass is 10.3. The fourth-order valence-electron chi connectivity index (χ4n) is 2.38. The number of halogens is 1. The summed E-state index contributed by atoms with van der Waals surface area (Å²) in [6.45, 7) is 4.77. The second kappa shape index (κ2) is 8.93. The monoisotopic (exact) mass is 353 g/mol. The van der Waals surface area contributed by atoms with Crippen molar-refractivity contribution in [2.45, 2.75) is 32.9 Å². The van der Waals surface area contributed by atoms with E-state index >= 15 is 0 Å². The van der Waals surface area contributed by atoms with E-state index in [1.54, 1.807) is 11.3 Å². The number of imidazole rings is 1. The van der Waals surface area contributed by atoms with Gasteiger partial charge in [-0.15, -0.1) is 11.3 Å². The highest BCUT2D eigenvalue weighted by Crippen LogP contribution is 2.22. The summed E-state index contributed by atoms with van der Waals surface area (Å²) in [5, 5.41) is 3.41. The summed E-state index contributed by atoms with van der Waals surface area (Å²) in [5.74, 6) is 1.98. The maximum absolute atomic E-state index is 5.98. The molecule has 7 heteroatoms. The van der Waals surface area contributed by atoms with Gasteiger partial charge in [-0.1, -0.05) is 11.6 Å². The van der Waals surface area contributed by atoms with Crippen molar-refractivity contribution in [2.24, 2.45) is 4.99 Å². The fourth-order valence-corrected chi connectivity index (χ4v) is 3.52. The molecule has 0 fully saturated rings. The topological polar surface area (TPSA) is 45.5 Å². The van der Waals surface area contributed by atoms with Gasteiger partial charge in [0.15, 0.2) is 5.96 Å². The van der Waals surface area contributed by atoms with E-state index in [-0.39, 0.29) is 0 Å². The van der Waals surface area contributed by atoms with Crippen LogP contribution in [0.2, 0.25) is 4.34 Å². The second-order valence-electron chi connectivity index (χ2n) is 5.41. The van der Waals surface area contributed by atoms with Crippen LogP contribution in [0.4, 0.5) is 0 Å². The third kappa shape index (κ3) is 5.55. The molecule has 0 aliphatic rings. The van der Waals surface area contributed by atoms with E-state index in [1.165, 1.54) is 4.88 Å². The number of aryl methyl sites for hydroxylation is 2. The summed E-state index contributed by atoms with van der Waals surface area (Å²) < 4.78 is 3.01. The Hall–Kier alpha value is -1.53. The minimum Gasteiger partial charge on any atom is -0.356 e. The molecule has 126 valence electrons. The van der Waals surface area contributed by atoms with Crippen molar-refractivity contribution in [3.8, 4) is 0 Å². The van der Waals surface area contributed by atoms with Gasteiger partial charge in [0.25, 0.3) is 0 Å². The standard InChI is InChI=1S/C16H24ClN5S/c1-13-19-9-11-22(13)10-5-4-8-20-16(18-2)21(3)12-14-6-7-15(17)23-14/h6-7,9,11H,4-5,8,10,12H2,1-3H3,(H,18,20). The molecule has 0 bridgehead atoms. The molecule has 0 aromatic carbocycles. The summed E-state index contributed by atoms with van der Waals surface area (Å²) in [5.41, 5.74) is 0. The molecule has 2 heterocycles. The Bertz CT molecular complexity index is 634. The first kappa shape index (κ1) is 17.8. The van der Waals surface area contributed by atoms with Crippen molar-refractivity contribution in [2.75, 3.05) is 20.6 Å². The number of thiophene rings is 1. The highest BCUT2D eigenvalue weighted by molar-refractivity contribution is 7.16. The molecule has 2 aromatic heterocycles. The van der Waals surface area contributed by atoms with Gasteiger partial charge in [-0.2, -0.15) is 0 Å². The van der Waals surface area contributed by atoms with E-state index in [0.717, 1.165) is 48.6 Å². The lowest BCUT2D eigenvalue weighted by Crippen LogP contribution is -2.38. The first-order valence-corrected chi connectivity index (χ1v) is 8.93. The van der Waals surface area contributed by atoms with E-state index in [9.17, 15) is 0 Å². The quantitative estimate of drug-likeness (QED) is 0.471. The van der Waals surface area contributed by atoms with Crippen LogP contribution < -0.4 is 5.32 Å². The van der Waals surface area contributed by atoms with Crippen LogP contribution in [0.5, 0.6) is 0 Å². The van der Waals surface area contributed by atoms with Gasteiger partial charge in [0.2, 0.25) is 0 Å². The number of aliphatic imine (C=N–C) groups is 1. The Morgan fingerprint density at radius 3 is 2.87 bits per heavy atom. The van der Waals surface area contributed by atoms with Crippen molar-refractivity contribution in [1.82, 2.24) is 19.8 Å². The van der Waals surface area contributed by atoms with Crippen LogP contribution >= 0.6 is 22.9 Å². The SMILES string of the molecule is CN=C(NCCCCn1ccnc1C)N(C)Cc1ccc(Cl)s1. The van der Waals surface area contributed by atoms with E-state index in [4.69, 9.17) is 11.6 Å². The molecule has 0 atom stereocenters. The summed E-state index contributed by atoms with van der Waals surface area (Å²) in [6.07, 6.45) is 6.09. The zero-order chi connectivity index (χ0) is 16.7. The molecule has 1 N–H and O–H groups in total. The number of nitrogens with zero attached hydrogens (tertiary/aromatic N) is 4. The Morgan fingerprint density at radius 2 is 2.26 bits per heavy atom. The zero-order valence-electron chi connectivity index (χ0n) is 13.9. The van der Waals surface area contributed by atoms with Gasteiger partial charge < -0.3 is 14.8 Å². The molecule has 0 aliphatic carbocycles. The number of hydrogen-bond donors (Lipinski definition) is 1. The Balaban J connectivity index is 1.69. The second-order valence-corrected chi connectivity index (χ2v) is 7.21. The van der Waals surface area contributed by atoms with Crippen LogP contribution in [0.25, 0.3) is 0 Å². The molecule has 0 spiro atoms. The van der Waals surface area contributed by atoms with Gasteiger partial charge in [-0.3, -0.25) is 4.99 Å². The van der Waals surface area contributed by atoms with E-state index in [0.29, 0.717) is 0 Å². The molecule has 0 unspecified atom stereocenters. The van der Waals surface area contributed by atoms with Crippen LogP contribution in [-0.4, -0.2) is 41.1 Å². The predicted molar refractivity (Wildman–Crippen MR) is 98.4 cm³/mol. The predicted octanol–water partition coefficient (Wildman–Crippen LogP) is 3.39. The number of nitrogens with one attached hydrogen (secondary N) is 1. The lowest BCUT2D eigenvalue weighted by molar-refractivity contribution is 0.477. The van der Waals surface area contributed by atoms with Gasteiger partial charge in [0, 0.05) is 44.5 Å². The number of rotatable bonds is 7. The van der Waals surface area contributed by atoms with Crippen molar-refractivity contribution in [3.05, 3.63) is 39.6 Å². The van der Waals surface area contributed by atoms with E-state index in [2.05, 4.69) is 30.8 Å². The number of guanidine groups is 1. The first-order chi connectivity index (χ1) is 11.1. The van der Waals surface area contributed by atoms with Gasteiger partial charge in [0.1, 0.15) is 5.82 Å². The number of aromatic nitrogens is 2. The van der Waals surface area contributed by atoms with Gasteiger partial charge in [-0.05, 0) is 31.9 Å². The molecule has 0 amide bonds. The van der Waals surface area contributed by atoms with Crippen molar-refractivity contribution in [3.63, 3.8) is 0 Å². The molecule has 0 aliphatic heterocycles. The van der Waals surface area contributed by atoms with Crippen molar-refractivity contribution >= 4 is 28.9 Å². The normalized spacial score (nSPS) is 11.7. The number of hydrogen-bond acceptors (Lipinski definition) is 3. The Kier molecular flexibility index (Phi) is 6.92. The highest BCUT2D eigenvalue weighted by Gasteiger charge is 2.07. The Labute approximate surface area is 147 Å². The van der Waals surface area contributed by atoms with E-state index < -0.39 is 0 Å². The smallest absolute Gasteiger partial charge is 0.193 e. The van der Waals surface area contributed by atoms with Crippen LogP contribution in [0.15, 0.2) is 29.5 Å². The molecular weight excluding hydrogens is 330 g/mol. The van der Waals surface area contributed by atoms with Crippen LogP contribution in [-0.2, 0) is 13.1 Å². The molecule has 0 saturated carbocycles. The Morgan fingerprint density at radius 1 is 1.43 bits per heavy atom. The highest BCUT2D eigenvalue weighted by atomic mass is 35.5. The first-order valence-electron chi connectivity index (χ1n) is 7.74. The fraction of sp³-hybridized carbons (Fsp3) is 0.500. The average Bonchev–Trinajstić information content (AvgIpc) is 3.11. The average molecular weight is 354 g/mol. The maximum Gasteiger partial charge on any atom is 0.193 e. The summed E-state index contributed by atoms with van der Waals surface area (Å²) in [7, 11) is 3.85. The van der Waals surface area contributed by atoms with Crippen molar-refractivity contribution in [1.29, 1.82) is 0 Å². The third-order valence-electron chi connectivity index (χ3n) is 3.63. The van der Waals surface area contributed by atoms with Crippen LogP contribution in [0.1, 0.15) is 23.5 Å². The van der Waals surface area contributed by atoms with Crippen molar-refractivity contribution < 1.29 is 0 Å². The molecule has 2 rings (SSSR count). The van der Waals surface area contributed by atoms with Gasteiger partial charge in [-0.25, -0.2) is 4.98 Å². The van der Waals surface area contributed by atoms with Crippen LogP contribution in [0.3, 0.4) is 0 Å².